The summed E-state index contributed by atoms with van der Waals surface area (Å²) in [5, 5.41) is 9.04. The number of fused-ring (bicyclic) bond motifs is 1. The molecule has 0 aliphatic heterocycles. The summed E-state index contributed by atoms with van der Waals surface area (Å²) in [5.74, 6) is 0.254. The second-order valence-electron chi connectivity index (χ2n) is 5.20. The van der Waals surface area contributed by atoms with Gasteiger partial charge in [0, 0.05) is 5.56 Å². The van der Waals surface area contributed by atoms with Crippen molar-refractivity contribution in [2.75, 3.05) is 0 Å². The number of aryl methyl sites for hydroxylation is 2. The van der Waals surface area contributed by atoms with E-state index in [1.807, 2.05) is 0 Å². The van der Waals surface area contributed by atoms with Crippen LogP contribution in [0, 0.1) is 6.92 Å². The van der Waals surface area contributed by atoms with Crippen LogP contribution >= 0.6 is 0 Å². The van der Waals surface area contributed by atoms with E-state index in [-0.39, 0.29) is 5.56 Å². The molecule has 0 amide bonds. The number of nitrogens with zero attached hydrogens (tertiary/aromatic N) is 2. The summed E-state index contributed by atoms with van der Waals surface area (Å²) in [5.41, 5.74) is 3.09. The van der Waals surface area contributed by atoms with E-state index in [1.54, 1.807) is 25.1 Å². The molecule has 5 heteroatoms. The summed E-state index contributed by atoms with van der Waals surface area (Å²) < 4.78 is 5.85. The van der Waals surface area contributed by atoms with E-state index < -0.39 is 5.97 Å². The number of benzene rings is 1. The minimum atomic E-state index is -0.932. The number of aromatic carboxylic acids is 1. The van der Waals surface area contributed by atoms with Crippen molar-refractivity contribution < 1.29 is 14.6 Å². The lowest BCUT2D eigenvalue weighted by Crippen LogP contribution is -2.08. The van der Waals surface area contributed by atoms with Crippen molar-refractivity contribution >= 4 is 5.97 Å². The van der Waals surface area contributed by atoms with Gasteiger partial charge in [0.2, 0.25) is 5.88 Å². The van der Waals surface area contributed by atoms with Crippen LogP contribution < -0.4 is 4.74 Å². The highest BCUT2D eigenvalue weighted by Crippen LogP contribution is 2.30. The van der Waals surface area contributed by atoms with Crippen LogP contribution in [-0.2, 0) is 12.8 Å². The minimum Gasteiger partial charge on any atom is -0.478 e. The lowest BCUT2D eigenvalue weighted by Gasteiger charge is -2.17. The molecule has 3 rings (SSSR count). The second-order valence-corrected chi connectivity index (χ2v) is 5.20. The highest BCUT2D eigenvalue weighted by atomic mass is 16.5. The van der Waals surface area contributed by atoms with Gasteiger partial charge in [-0.2, -0.15) is 0 Å². The van der Waals surface area contributed by atoms with Gasteiger partial charge in [0.25, 0.3) is 0 Å². The Hall–Kier alpha value is -2.43. The van der Waals surface area contributed by atoms with Crippen molar-refractivity contribution in [2.24, 2.45) is 0 Å². The van der Waals surface area contributed by atoms with Crippen LogP contribution in [0.25, 0.3) is 0 Å². The zero-order valence-electron chi connectivity index (χ0n) is 11.8. The molecule has 1 heterocycles. The van der Waals surface area contributed by atoms with E-state index in [1.165, 1.54) is 6.33 Å². The van der Waals surface area contributed by atoms with E-state index >= 15 is 0 Å². The minimum absolute atomic E-state index is 0.284. The standard InChI is InChI=1S/C16H16N2O3/c1-10-8-11(6-7-12(10)16(19)20)21-15-13-4-2-3-5-14(13)17-9-18-15/h6-9H,2-5H2,1H3,(H,19,20). The van der Waals surface area contributed by atoms with Crippen LogP contribution in [0.5, 0.6) is 11.6 Å². The Kier molecular flexibility index (Phi) is 3.56. The third-order valence-electron chi connectivity index (χ3n) is 3.73. The quantitative estimate of drug-likeness (QED) is 0.937. The van der Waals surface area contributed by atoms with Crippen LogP contribution in [0.4, 0.5) is 0 Å². The molecule has 0 unspecified atom stereocenters. The van der Waals surface area contributed by atoms with Gasteiger partial charge < -0.3 is 9.84 Å². The summed E-state index contributed by atoms with van der Waals surface area (Å²) in [6, 6.07) is 4.94. The lowest BCUT2D eigenvalue weighted by atomic mass is 9.97. The smallest absolute Gasteiger partial charge is 0.335 e. The van der Waals surface area contributed by atoms with Crippen LogP contribution in [0.3, 0.4) is 0 Å². The Morgan fingerprint density at radius 2 is 2.05 bits per heavy atom. The average Bonchev–Trinajstić information content (AvgIpc) is 2.47. The molecule has 108 valence electrons. The Morgan fingerprint density at radius 3 is 2.81 bits per heavy atom. The fourth-order valence-corrected chi connectivity index (χ4v) is 2.63. The number of carbonyl (C=O) groups is 1. The molecule has 1 aromatic carbocycles. The molecule has 0 saturated heterocycles. The first-order valence-electron chi connectivity index (χ1n) is 6.99. The number of carboxylic acid groups (broad SMARTS) is 1. The van der Waals surface area contributed by atoms with E-state index in [4.69, 9.17) is 9.84 Å². The molecule has 0 bridgehead atoms. The maximum atomic E-state index is 11.0. The number of hydrogen-bond donors (Lipinski definition) is 1. The van der Waals surface area contributed by atoms with Gasteiger partial charge in [-0.05, 0) is 56.4 Å². The first-order chi connectivity index (χ1) is 10.1. The molecule has 0 atom stereocenters. The first kappa shape index (κ1) is 13.5. The topological polar surface area (TPSA) is 72.3 Å². The fourth-order valence-electron chi connectivity index (χ4n) is 2.63. The van der Waals surface area contributed by atoms with Gasteiger partial charge in [-0.1, -0.05) is 0 Å². The maximum Gasteiger partial charge on any atom is 0.335 e. The lowest BCUT2D eigenvalue weighted by molar-refractivity contribution is 0.0696. The predicted octanol–water partition coefficient (Wildman–Crippen LogP) is 3.15. The van der Waals surface area contributed by atoms with Crippen LogP contribution in [0.15, 0.2) is 24.5 Å². The third-order valence-corrected chi connectivity index (χ3v) is 3.73. The first-order valence-corrected chi connectivity index (χ1v) is 6.99. The highest BCUT2D eigenvalue weighted by Gasteiger charge is 2.17. The molecular formula is C16H16N2O3. The molecule has 2 aromatic rings. The number of ether oxygens (including phenoxy) is 1. The van der Waals surface area contributed by atoms with Crippen LogP contribution in [-0.4, -0.2) is 21.0 Å². The van der Waals surface area contributed by atoms with E-state index in [9.17, 15) is 4.79 Å². The van der Waals surface area contributed by atoms with Crippen molar-refractivity contribution in [2.45, 2.75) is 32.6 Å². The molecule has 1 aliphatic rings. The van der Waals surface area contributed by atoms with Gasteiger partial charge >= 0.3 is 5.97 Å². The van der Waals surface area contributed by atoms with Crippen molar-refractivity contribution in [3.63, 3.8) is 0 Å². The van der Waals surface area contributed by atoms with Gasteiger partial charge in [0.05, 0.1) is 11.3 Å². The average molecular weight is 284 g/mol. The van der Waals surface area contributed by atoms with E-state index in [0.29, 0.717) is 17.2 Å². The molecule has 0 spiro atoms. The molecule has 1 N–H and O–H groups in total. The Balaban J connectivity index is 1.91. The molecule has 0 saturated carbocycles. The van der Waals surface area contributed by atoms with Crippen molar-refractivity contribution in [3.05, 3.63) is 46.9 Å². The molecule has 1 aliphatic carbocycles. The summed E-state index contributed by atoms with van der Waals surface area (Å²) in [4.78, 5) is 19.6. The van der Waals surface area contributed by atoms with Gasteiger partial charge in [0.1, 0.15) is 12.1 Å². The maximum absolute atomic E-state index is 11.0. The molecule has 1 aromatic heterocycles. The summed E-state index contributed by atoms with van der Waals surface area (Å²) in [6.45, 7) is 1.76. The number of carboxylic acids is 1. The summed E-state index contributed by atoms with van der Waals surface area (Å²) in [7, 11) is 0. The van der Waals surface area contributed by atoms with Crippen molar-refractivity contribution in [1.82, 2.24) is 9.97 Å². The third kappa shape index (κ3) is 2.72. The highest BCUT2D eigenvalue weighted by molar-refractivity contribution is 5.89. The molecular weight excluding hydrogens is 268 g/mol. The molecule has 5 nitrogen and oxygen atoms in total. The van der Waals surface area contributed by atoms with Crippen LogP contribution in [0.1, 0.15) is 40.0 Å². The van der Waals surface area contributed by atoms with E-state index in [2.05, 4.69) is 9.97 Å². The van der Waals surface area contributed by atoms with Crippen LogP contribution in [0.2, 0.25) is 0 Å². The Morgan fingerprint density at radius 1 is 1.24 bits per heavy atom. The van der Waals surface area contributed by atoms with Gasteiger partial charge in [0.15, 0.2) is 0 Å². The SMILES string of the molecule is Cc1cc(Oc2ncnc3c2CCCC3)ccc1C(=O)O. The second kappa shape index (κ2) is 5.52. The van der Waals surface area contributed by atoms with Gasteiger partial charge in [-0.3, -0.25) is 0 Å². The van der Waals surface area contributed by atoms with Gasteiger partial charge in [-0.15, -0.1) is 0 Å². The number of rotatable bonds is 3. The Bertz CT molecular complexity index is 698. The monoisotopic (exact) mass is 284 g/mol. The van der Waals surface area contributed by atoms with E-state index in [0.717, 1.165) is 36.9 Å². The zero-order chi connectivity index (χ0) is 14.8. The Labute approximate surface area is 122 Å². The zero-order valence-corrected chi connectivity index (χ0v) is 11.8. The molecule has 0 fully saturated rings. The fraction of sp³-hybridized carbons (Fsp3) is 0.312. The summed E-state index contributed by atoms with van der Waals surface area (Å²) in [6.07, 6.45) is 5.68. The van der Waals surface area contributed by atoms with Crippen molar-refractivity contribution in [3.8, 4) is 11.6 Å². The predicted molar refractivity (Wildman–Crippen MR) is 76.9 cm³/mol. The molecule has 21 heavy (non-hydrogen) atoms. The normalized spacial score (nSPS) is 13.6. The number of hydrogen-bond acceptors (Lipinski definition) is 4. The largest absolute Gasteiger partial charge is 0.478 e. The number of aromatic nitrogens is 2. The summed E-state index contributed by atoms with van der Waals surface area (Å²) >= 11 is 0. The van der Waals surface area contributed by atoms with Gasteiger partial charge in [-0.25, -0.2) is 14.8 Å². The molecule has 0 radical (unpaired) electrons. The van der Waals surface area contributed by atoms with Crippen molar-refractivity contribution in [1.29, 1.82) is 0 Å².